The predicted octanol–water partition coefficient (Wildman–Crippen LogP) is 3.04. The standard InChI is InChI=1S/C14H13N3/c1-10-3-4-12-5-6-14(8-13(12)7-10)17-9-11(2)15-16-17/h3-9H,1-2H3. The van der Waals surface area contributed by atoms with E-state index < -0.39 is 0 Å². The highest BCUT2D eigenvalue weighted by Crippen LogP contribution is 2.19. The van der Waals surface area contributed by atoms with Crippen LogP contribution in [-0.4, -0.2) is 15.0 Å². The number of aromatic nitrogens is 3. The van der Waals surface area contributed by atoms with E-state index in [4.69, 9.17) is 0 Å². The fourth-order valence-corrected chi connectivity index (χ4v) is 1.97. The summed E-state index contributed by atoms with van der Waals surface area (Å²) in [5.74, 6) is 0. The predicted molar refractivity (Wildman–Crippen MR) is 68.3 cm³/mol. The Balaban J connectivity index is 2.18. The van der Waals surface area contributed by atoms with Gasteiger partial charge in [0.25, 0.3) is 0 Å². The molecule has 3 rings (SSSR count). The summed E-state index contributed by atoms with van der Waals surface area (Å²) in [4.78, 5) is 0. The zero-order valence-electron chi connectivity index (χ0n) is 9.88. The molecule has 0 atom stereocenters. The van der Waals surface area contributed by atoms with Gasteiger partial charge in [-0.25, -0.2) is 4.68 Å². The Hall–Kier alpha value is -2.16. The van der Waals surface area contributed by atoms with Crippen LogP contribution in [0.2, 0.25) is 0 Å². The van der Waals surface area contributed by atoms with Crippen LogP contribution < -0.4 is 0 Å². The first kappa shape index (κ1) is 10.0. The topological polar surface area (TPSA) is 30.7 Å². The van der Waals surface area contributed by atoms with Gasteiger partial charge in [0.15, 0.2) is 0 Å². The van der Waals surface area contributed by atoms with Gasteiger partial charge in [-0.1, -0.05) is 35.0 Å². The summed E-state index contributed by atoms with van der Waals surface area (Å²) in [6, 6.07) is 12.8. The maximum absolute atomic E-state index is 4.08. The van der Waals surface area contributed by atoms with Crippen molar-refractivity contribution in [1.82, 2.24) is 15.0 Å². The summed E-state index contributed by atoms with van der Waals surface area (Å²) < 4.78 is 1.80. The van der Waals surface area contributed by atoms with Gasteiger partial charge < -0.3 is 0 Å². The molecule has 0 aliphatic rings. The van der Waals surface area contributed by atoms with Crippen molar-refractivity contribution in [2.45, 2.75) is 13.8 Å². The molecule has 0 bridgehead atoms. The Bertz CT molecular complexity index is 683. The first-order chi connectivity index (χ1) is 8.22. The summed E-state index contributed by atoms with van der Waals surface area (Å²) in [5.41, 5.74) is 3.24. The summed E-state index contributed by atoms with van der Waals surface area (Å²) in [6.45, 7) is 4.04. The molecule has 0 N–H and O–H groups in total. The maximum atomic E-state index is 4.08. The van der Waals surface area contributed by atoms with Crippen LogP contribution in [0, 0.1) is 13.8 Å². The molecule has 0 radical (unpaired) electrons. The summed E-state index contributed by atoms with van der Waals surface area (Å²) in [7, 11) is 0. The molecule has 3 aromatic rings. The number of hydrogen-bond donors (Lipinski definition) is 0. The van der Waals surface area contributed by atoms with Crippen molar-refractivity contribution >= 4 is 10.8 Å². The van der Waals surface area contributed by atoms with E-state index >= 15 is 0 Å². The van der Waals surface area contributed by atoms with Crippen LogP contribution in [0.15, 0.2) is 42.6 Å². The lowest BCUT2D eigenvalue weighted by Crippen LogP contribution is -1.94. The zero-order valence-corrected chi connectivity index (χ0v) is 9.88. The molecule has 3 heteroatoms. The molecule has 0 amide bonds. The number of hydrogen-bond acceptors (Lipinski definition) is 2. The van der Waals surface area contributed by atoms with Gasteiger partial charge in [0, 0.05) is 0 Å². The van der Waals surface area contributed by atoms with Gasteiger partial charge in [0.1, 0.15) is 0 Å². The molecule has 0 fully saturated rings. The summed E-state index contributed by atoms with van der Waals surface area (Å²) in [5, 5.41) is 10.6. The normalized spacial score (nSPS) is 10.9. The molecule has 0 spiro atoms. The fraction of sp³-hybridized carbons (Fsp3) is 0.143. The maximum Gasteiger partial charge on any atom is 0.0800 e. The van der Waals surface area contributed by atoms with Crippen LogP contribution in [0.1, 0.15) is 11.3 Å². The van der Waals surface area contributed by atoms with Crippen molar-refractivity contribution in [1.29, 1.82) is 0 Å². The van der Waals surface area contributed by atoms with Gasteiger partial charge in [-0.05, 0) is 36.8 Å². The number of rotatable bonds is 1. The molecule has 0 aliphatic heterocycles. The minimum absolute atomic E-state index is 0.925. The highest BCUT2D eigenvalue weighted by molar-refractivity contribution is 5.85. The molecular weight excluding hydrogens is 210 g/mol. The van der Waals surface area contributed by atoms with E-state index in [0.29, 0.717) is 0 Å². The highest BCUT2D eigenvalue weighted by Gasteiger charge is 2.01. The third-order valence-electron chi connectivity index (χ3n) is 2.85. The van der Waals surface area contributed by atoms with Crippen LogP contribution in [-0.2, 0) is 0 Å². The SMILES string of the molecule is Cc1ccc2ccc(-n3cc(C)nn3)cc2c1. The molecule has 0 saturated heterocycles. The molecule has 2 aromatic carbocycles. The van der Waals surface area contributed by atoms with Crippen LogP contribution in [0.3, 0.4) is 0 Å². The van der Waals surface area contributed by atoms with Crippen LogP contribution in [0.4, 0.5) is 0 Å². The summed E-state index contributed by atoms with van der Waals surface area (Å²) >= 11 is 0. The van der Waals surface area contributed by atoms with Crippen molar-refractivity contribution in [2.24, 2.45) is 0 Å². The van der Waals surface area contributed by atoms with Gasteiger partial charge in [-0.2, -0.15) is 0 Å². The Morgan fingerprint density at radius 2 is 1.76 bits per heavy atom. The zero-order chi connectivity index (χ0) is 11.8. The second-order valence-corrected chi connectivity index (χ2v) is 4.34. The molecule has 1 heterocycles. The number of fused-ring (bicyclic) bond motifs is 1. The van der Waals surface area contributed by atoms with Gasteiger partial charge in [0.05, 0.1) is 17.6 Å². The number of nitrogens with zero attached hydrogens (tertiary/aromatic N) is 3. The summed E-state index contributed by atoms with van der Waals surface area (Å²) in [6.07, 6.45) is 1.93. The first-order valence-corrected chi connectivity index (χ1v) is 5.62. The highest BCUT2D eigenvalue weighted by atomic mass is 15.4. The lowest BCUT2D eigenvalue weighted by atomic mass is 10.1. The Morgan fingerprint density at radius 1 is 0.941 bits per heavy atom. The van der Waals surface area contributed by atoms with E-state index in [9.17, 15) is 0 Å². The monoisotopic (exact) mass is 223 g/mol. The van der Waals surface area contributed by atoms with Crippen molar-refractivity contribution in [3.8, 4) is 5.69 Å². The third kappa shape index (κ3) is 1.80. The minimum atomic E-state index is 0.925. The van der Waals surface area contributed by atoms with Crippen molar-refractivity contribution < 1.29 is 0 Å². The van der Waals surface area contributed by atoms with Crippen molar-refractivity contribution in [3.63, 3.8) is 0 Å². The van der Waals surface area contributed by atoms with E-state index in [0.717, 1.165) is 11.4 Å². The number of benzene rings is 2. The Morgan fingerprint density at radius 3 is 2.53 bits per heavy atom. The van der Waals surface area contributed by atoms with Crippen LogP contribution in [0.25, 0.3) is 16.5 Å². The van der Waals surface area contributed by atoms with Crippen LogP contribution >= 0.6 is 0 Å². The van der Waals surface area contributed by atoms with Crippen molar-refractivity contribution in [2.75, 3.05) is 0 Å². The average molecular weight is 223 g/mol. The van der Waals surface area contributed by atoms with E-state index in [1.807, 2.05) is 13.1 Å². The van der Waals surface area contributed by atoms with E-state index in [-0.39, 0.29) is 0 Å². The van der Waals surface area contributed by atoms with E-state index in [2.05, 4.69) is 53.6 Å². The Kier molecular flexibility index (Phi) is 2.18. The third-order valence-corrected chi connectivity index (χ3v) is 2.85. The number of aryl methyl sites for hydroxylation is 2. The molecular formula is C14H13N3. The van der Waals surface area contributed by atoms with Gasteiger partial charge in [-0.15, -0.1) is 5.10 Å². The second kappa shape index (κ2) is 3.70. The molecule has 0 aliphatic carbocycles. The Labute approximate surface area is 99.7 Å². The minimum Gasteiger partial charge on any atom is -0.220 e. The largest absolute Gasteiger partial charge is 0.220 e. The first-order valence-electron chi connectivity index (χ1n) is 5.62. The van der Waals surface area contributed by atoms with Gasteiger partial charge in [0.2, 0.25) is 0 Å². The van der Waals surface area contributed by atoms with Crippen molar-refractivity contribution in [3.05, 3.63) is 53.9 Å². The molecule has 0 unspecified atom stereocenters. The lowest BCUT2D eigenvalue weighted by Gasteiger charge is -2.03. The van der Waals surface area contributed by atoms with Gasteiger partial charge >= 0.3 is 0 Å². The molecule has 17 heavy (non-hydrogen) atoms. The quantitative estimate of drug-likeness (QED) is 0.634. The molecule has 1 aromatic heterocycles. The smallest absolute Gasteiger partial charge is 0.0800 e. The van der Waals surface area contributed by atoms with Gasteiger partial charge in [-0.3, -0.25) is 0 Å². The molecule has 84 valence electrons. The lowest BCUT2D eigenvalue weighted by molar-refractivity contribution is 0.802. The molecule has 3 nitrogen and oxygen atoms in total. The fourth-order valence-electron chi connectivity index (χ4n) is 1.97. The second-order valence-electron chi connectivity index (χ2n) is 4.34. The van der Waals surface area contributed by atoms with Crippen LogP contribution in [0.5, 0.6) is 0 Å². The van der Waals surface area contributed by atoms with E-state index in [1.165, 1.54) is 16.3 Å². The molecule has 0 saturated carbocycles. The average Bonchev–Trinajstić information content (AvgIpc) is 2.75. The van der Waals surface area contributed by atoms with E-state index in [1.54, 1.807) is 4.68 Å².